The van der Waals surface area contributed by atoms with E-state index in [1.165, 1.54) is 11.1 Å². The predicted octanol–water partition coefficient (Wildman–Crippen LogP) is 3.61. The second-order valence-electron chi connectivity index (χ2n) is 5.87. The molecule has 1 amide bonds. The van der Waals surface area contributed by atoms with Crippen LogP contribution in [0.25, 0.3) is 10.2 Å². The van der Waals surface area contributed by atoms with Crippen molar-refractivity contribution in [3.05, 3.63) is 47.1 Å². The Kier molecular flexibility index (Phi) is 3.61. The number of thiazole rings is 1. The Bertz CT molecular complexity index is 821. The van der Waals surface area contributed by atoms with Gasteiger partial charge >= 0.3 is 0 Å². The van der Waals surface area contributed by atoms with Gasteiger partial charge in [0.25, 0.3) is 5.91 Å². The van der Waals surface area contributed by atoms with E-state index in [0.717, 1.165) is 29.9 Å². The van der Waals surface area contributed by atoms with Crippen molar-refractivity contribution >= 4 is 27.5 Å². The van der Waals surface area contributed by atoms with Gasteiger partial charge in [-0.1, -0.05) is 12.1 Å². The number of likely N-dealkylation sites (tertiary alicyclic amines) is 1. The first-order valence-electron chi connectivity index (χ1n) is 7.77. The minimum Gasteiger partial charge on any atom is -0.448 e. The fraction of sp³-hybridized carbons (Fsp3) is 0.353. The van der Waals surface area contributed by atoms with E-state index in [1.54, 1.807) is 18.3 Å². The van der Waals surface area contributed by atoms with E-state index >= 15 is 0 Å². The van der Waals surface area contributed by atoms with Gasteiger partial charge in [0.15, 0.2) is 12.1 Å². The third-order valence-electron chi connectivity index (χ3n) is 4.32. The fourth-order valence-corrected chi connectivity index (χ4v) is 4.18. The number of para-hydroxylation sites is 1. The summed E-state index contributed by atoms with van der Waals surface area (Å²) in [6.45, 7) is 3.24. The molecule has 1 aliphatic heterocycles. The third kappa shape index (κ3) is 2.63. The first-order chi connectivity index (χ1) is 11.2. The quantitative estimate of drug-likeness (QED) is 0.721. The molecular formula is C17H17N3O2S. The van der Waals surface area contributed by atoms with Crippen LogP contribution in [0.2, 0.25) is 0 Å². The van der Waals surface area contributed by atoms with Crippen LogP contribution in [0.1, 0.15) is 40.0 Å². The lowest BCUT2D eigenvalue weighted by Gasteiger charge is -2.31. The predicted molar refractivity (Wildman–Crippen MR) is 88.7 cm³/mol. The number of rotatable bonds is 2. The Morgan fingerprint density at radius 1 is 1.39 bits per heavy atom. The Morgan fingerprint density at radius 3 is 3.04 bits per heavy atom. The SMILES string of the molecule is Cc1ocnc1C(=O)N1CCCC(c2nc3ccccc3s2)C1. The molecule has 118 valence electrons. The molecule has 6 heteroatoms. The average molecular weight is 327 g/mol. The number of carbonyl (C=O) groups is 1. The lowest BCUT2D eigenvalue weighted by Crippen LogP contribution is -2.39. The topological polar surface area (TPSA) is 59.2 Å². The smallest absolute Gasteiger partial charge is 0.276 e. The zero-order valence-electron chi connectivity index (χ0n) is 12.9. The van der Waals surface area contributed by atoms with Gasteiger partial charge in [0, 0.05) is 19.0 Å². The van der Waals surface area contributed by atoms with Crippen molar-refractivity contribution in [1.29, 1.82) is 0 Å². The van der Waals surface area contributed by atoms with Crippen LogP contribution in [0.5, 0.6) is 0 Å². The fourth-order valence-electron chi connectivity index (χ4n) is 3.09. The molecule has 0 aliphatic carbocycles. The van der Waals surface area contributed by atoms with E-state index < -0.39 is 0 Å². The highest BCUT2D eigenvalue weighted by molar-refractivity contribution is 7.18. The number of amides is 1. The van der Waals surface area contributed by atoms with E-state index in [9.17, 15) is 4.79 Å². The Labute approximate surface area is 138 Å². The number of fused-ring (bicyclic) bond motifs is 1. The molecule has 2 aromatic heterocycles. The largest absolute Gasteiger partial charge is 0.448 e. The van der Waals surface area contributed by atoms with Crippen LogP contribution in [0, 0.1) is 6.92 Å². The standard InChI is InChI=1S/C17H17N3O2S/c1-11-15(18-10-22-11)17(21)20-8-4-5-12(9-20)16-19-13-6-2-3-7-14(13)23-16/h2-3,6-7,10,12H,4-5,8-9H2,1H3. The molecule has 4 rings (SSSR count). The average Bonchev–Trinajstić information content (AvgIpc) is 3.20. The monoisotopic (exact) mass is 327 g/mol. The summed E-state index contributed by atoms with van der Waals surface area (Å²) in [5.74, 6) is 0.844. The van der Waals surface area contributed by atoms with Crippen LogP contribution in [0.4, 0.5) is 0 Å². The minimum absolute atomic E-state index is 0.0398. The van der Waals surface area contributed by atoms with Crippen molar-refractivity contribution < 1.29 is 9.21 Å². The maximum absolute atomic E-state index is 12.6. The highest BCUT2D eigenvalue weighted by atomic mass is 32.1. The van der Waals surface area contributed by atoms with Gasteiger partial charge in [0.05, 0.1) is 15.2 Å². The van der Waals surface area contributed by atoms with Gasteiger partial charge in [-0.25, -0.2) is 9.97 Å². The number of aromatic nitrogens is 2. The number of hydrogen-bond donors (Lipinski definition) is 0. The number of nitrogens with zero attached hydrogens (tertiary/aromatic N) is 3. The molecule has 1 aliphatic rings. The molecule has 0 spiro atoms. The van der Waals surface area contributed by atoms with Crippen molar-refractivity contribution in [1.82, 2.24) is 14.9 Å². The van der Waals surface area contributed by atoms with Crippen molar-refractivity contribution in [2.75, 3.05) is 13.1 Å². The van der Waals surface area contributed by atoms with E-state index in [-0.39, 0.29) is 5.91 Å². The number of carbonyl (C=O) groups excluding carboxylic acids is 1. The molecule has 1 atom stereocenters. The zero-order valence-corrected chi connectivity index (χ0v) is 13.7. The summed E-state index contributed by atoms with van der Waals surface area (Å²) in [5, 5.41) is 1.13. The molecule has 0 saturated carbocycles. The van der Waals surface area contributed by atoms with Crippen molar-refractivity contribution in [3.63, 3.8) is 0 Å². The van der Waals surface area contributed by atoms with Crippen LogP contribution in [0.15, 0.2) is 35.1 Å². The Balaban J connectivity index is 1.57. The second kappa shape index (κ2) is 5.77. The summed E-state index contributed by atoms with van der Waals surface area (Å²) in [7, 11) is 0. The molecule has 3 aromatic rings. The second-order valence-corrected chi connectivity index (χ2v) is 6.93. The van der Waals surface area contributed by atoms with Crippen LogP contribution in [-0.4, -0.2) is 33.9 Å². The van der Waals surface area contributed by atoms with Gasteiger partial charge in [-0.05, 0) is 31.9 Å². The maximum atomic E-state index is 12.6. The van der Waals surface area contributed by atoms with Crippen LogP contribution >= 0.6 is 11.3 Å². The Morgan fingerprint density at radius 2 is 2.26 bits per heavy atom. The Hall–Kier alpha value is -2.21. The molecule has 1 fully saturated rings. The molecule has 0 bridgehead atoms. The van der Waals surface area contributed by atoms with Gasteiger partial charge in [-0.15, -0.1) is 11.3 Å². The minimum atomic E-state index is -0.0398. The van der Waals surface area contributed by atoms with Gasteiger partial charge in [0.2, 0.25) is 0 Å². The normalized spacial score (nSPS) is 18.5. The molecular weight excluding hydrogens is 310 g/mol. The molecule has 23 heavy (non-hydrogen) atoms. The highest BCUT2D eigenvalue weighted by Gasteiger charge is 2.29. The van der Waals surface area contributed by atoms with Gasteiger partial charge < -0.3 is 9.32 Å². The molecule has 0 N–H and O–H groups in total. The summed E-state index contributed by atoms with van der Waals surface area (Å²) in [4.78, 5) is 23.3. The van der Waals surface area contributed by atoms with E-state index in [2.05, 4.69) is 11.1 Å². The van der Waals surface area contributed by atoms with E-state index in [0.29, 0.717) is 23.9 Å². The highest BCUT2D eigenvalue weighted by Crippen LogP contribution is 2.33. The molecule has 1 saturated heterocycles. The van der Waals surface area contributed by atoms with Gasteiger partial charge in [-0.2, -0.15) is 0 Å². The summed E-state index contributed by atoms with van der Waals surface area (Å²) in [6.07, 6.45) is 3.39. The number of aryl methyl sites for hydroxylation is 1. The van der Waals surface area contributed by atoms with E-state index in [1.807, 2.05) is 23.1 Å². The summed E-state index contributed by atoms with van der Waals surface area (Å²) < 4.78 is 6.37. The van der Waals surface area contributed by atoms with Gasteiger partial charge in [0.1, 0.15) is 5.76 Å². The van der Waals surface area contributed by atoms with Gasteiger partial charge in [-0.3, -0.25) is 4.79 Å². The molecule has 0 radical (unpaired) electrons. The van der Waals surface area contributed by atoms with Crippen molar-refractivity contribution in [3.8, 4) is 0 Å². The van der Waals surface area contributed by atoms with Crippen molar-refractivity contribution in [2.24, 2.45) is 0 Å². The molecule has 1 unspecified atom stereocenters. The first kappa shape index (κ1) is 14.4. The number of hydrogen-bond acceptors (Lipinski definition) is 5. The zero-order chi connectivity index (χ0) is 15.8. The first-order valence-corrected chi connectivity index (χ1v) is 8.59. The summed E-state index contributed by atoms with van der Waals surface area (Å²) in [6, 6.07) is 8.19. The number of piperidine rings is 1. The van der Waals surface area contributed by atoms with Crippen molar-refractivity contribution in [2.45, 2.75) is 25.7 Å². The van der Waals surface area contributed by atoms with E-state index in [4.69, 9.17) is 9.40 Å². The van der Waals surface area contributed by atoms with Crippen LogP contribution in [-0.2, 0) is 0 Å². The summed E-state index contributed by atoms with van der Waals surface area (Å²) >= 11 is 1.73. The molecule has 3 heterocycles. The third-order valence-corrected chi connectivity index (χ3v) is 5.51. The number of oxazole rings is 1. The van der Waals surface area contributed by atoms with Crippen LogP contribution in [0.3, 0.4) is 0 Å². The lowest BCUT2D eigenvalue weighted by molar-refractivity contribution is 0.0700. The molecule has 1 aromatic carbocycles. The van der Waals surface area contributed by atoms with Crippen LogP contribution < -0.4 is 0 Å². The number of benzene rings is 1. The summed E-state index contributed by atoms with van der Waals surface area (Å²) in [5.41, 5.74) is 1.47. The lowest BCUT2D eigenvalue weighted by atomic mass is 9.98. The molecule has 5 nitrogen and oxygen atoms in total. The maximum Gasteiger partial charge on any atom is 0.276 e.